The van der Waals surface area contributed by atoms with Gasteiger partial charge in [-0.25, -0.2) is 18.1 Å². The van der Waals surface area contributed by atoms with Crippen LogP contribution in [0.5, 0.6) is 5.75 Å². The summed E-state index contributed by atoms with van der Waals surface area (Å²) in [5, 5.41) is 2.89. The summed E-state index contributed by atoms with van der Waals surface area (Å²) in [5.74, 6) is 0.643. The molecule has 114 valence electrons. The summed E-state index contributed by atoms with van der Waals surface area (Å²) in [6.45, 7) is 4.01. The smallest absolute Gasteiger partial charge is 0.240 e. The van der Waals surface area contributed by atoms with Crippen LogP contribution in [0.1, 0.15) is 16.3 Å². The zero-order chi connectivity index (χ0) is 15.5. The highest BCUT2D eigenvalue weighted by Crippen LogP contribution is 2.20. The lowest BCUT2D eigenvalue weighted by atomic mass is 10.2. The van der Waals surface area contributed by atoms with E-state index in [4.69, 9.17) is 4.74 Å². The molecule has 1 heterocycles. The molecule has 0 spiro atoms. The fourth-order valence-corrected chi connectivity index (χ4v) is 3.97. The number of thiazole rings is 1. The maximum absolute atomic E-state index is 12.3. The quantitative estimate of drug-likeness (QED) is 0.884. The molecule has 0 fully saturated rings. The van der Waals surface area contributed by atoms with E-state index in [1.807, 2.05) is 12.3 Å². The van der Waals surface area contributed by atoms with Gasteiger partial charge in [0.1, 0.15) is 5.75 Å². The highest BCUT2D eigenvalue weighted by Gasteiger charge is 2.16. The number of aryl methyl sites for hydroxylation is 2. The Bertz CT molecular complexity index is 724. The molecular weight excluding hydrogens is 308 g/mol. The SMILES string of the molecule is COc1ccc(S(=O)(=O)NCCc2nc(C)cs2)c(C)c1. The lowest BCUT2D eigenvalue weighted by Crippen LogP contribution is -2.26. The Morgan fingerprint density at radius 2 is 2.10 bits per heavy atom. The van der Waals surface area contributed by atoms with Gasteiger partial charge in [-0.05, 0) is 37.6 Å². The first-order valence-electron chi connectivity index (χ1n) is 6.47. The van der Waals surface area contributed by atoms with Crippen molar-refractivity contribution < 1.29 is 13.2 Å². The molecule has 1 aromatic heterocycles. The Hall–Kier alpha value is -1.44. The predicted octanol–water partition coefficient (Wildman–Crippen LogP) is 2.29. The fourth-order valence-electron chi connectivity index (χ4n) is 1.94. The summed E-state index contributed by atoms with van der Waals surface area (Å²) < 4.78 is 32.2. The van der Waals surface area contributed by atoms with Crippen LogP contribution in [-0.2, 0) is 16.4 Å². The third-order valence-corrected chi connectivity index (χ3v) is 5.62. The maximum Gasteiger partial charge on any atom is 0.240 e. The molecule has 2 rings (SSSR count). The number of rotatable bonds is 6. The molecule has 0 bridgehead atoms. The number of nitrogens with one attached hydrogen (secondary N) is 1. The molecule has 1 N–H and O–H groups in total. The van der Waals surface area contributed by atoms with Crippen molar-refractivity contribution in [1.82, 2.24) is 9.71 Å². The first-order valence-corrected chi connectivity index (χ1v) is 8.84. The summed E-state index contributed by atoms with van der Waals surface area (Å²) >= 11 is 1.54. The summed E-state index contributed by atoms with van der Waals surface area (Å²) in [6.07, 6.45) is 0.590. The second kappa shape index (κ2) is 6.55. The van der Waals surface area contributed by atoms with Gasteiger partial charge in [0, 0.05) is 24.0 Å². The molecule has 0 atom stereocenters. The van der Waals surface area contributed by atoms with Gasteiger partial charge in [-0.15, -0.1) is 11.3 Å². The van der Waals surface area contributed by atoms with E-state index >= 15 is 0 Å². The number of hydrogen-bond acceptors (Lipinski definition) is 5. The number of aromatic nitrogens is 1. The normalized spacial score (nSPS) is 11.6. The summed E-state index contributed by atoms with van der Waals surface area (Å²) in [4.78, 5) is 4.59. The molecule has 2 aromatic rings. The van der Waals surface area contributed by atoms with Gasteiger partial charge in [0.15, 0.2) is 0 Å². The highest BCUT2D eigenvalue weighted by atomic mass is 32.2. The molecule has 0 saturated carbocycles. The summed E-state index contributed by atoms with van der Waals surface area (Å²) in [6, 6.07) is 4.91. The Balaban J connectivity index is 2.04. The minimum Gasteiger partial charge on any atom is -0.497 e. The van der Waals surface area contributed by atoms with Gasteiger partial charge < -0.3 is 4.74 Å². The van der Waals surface area contributed by atoms with Gasteiger partial charge in [-0.3, -0.25) is 0 Å². The van der Waals surface area contributed by atoms with Gasteiger partial charge in [-0.1, -0.05) is 0 Å². The molecule has 0 aliphatic carbocycles. The largest absolute Gasteiger partial charge is 0.497 e. The molecule has 0 amide bonds. The third-order valence-electron chi connectivity index (χ3n) is 2.97. The summed E-state index contributed by atoms with van der Waals surface area (Å²) in [5.41, 5.74) is 1.62. The Morgan fingerprint density at radius 1 is 1.33 bits per heavy atom. The zero-order valence-electron chi connectivity index (χ0n) is 12.2. The number of sulfonamides is 1. The number of ether oxygens (including phenoxy) is 1. The maximum atomic E-state index is 12.3. The van der Waals surface area contributed by atoms with Crippen LogP contribution in [-0.4, -0.2) is 27.1 Å². The molecule has 7 heteroatoms. The van der Waals surface area contributed by atoms with E-state index in [1.54, 1.807) is 43.6 Å². The van der Waals surface area contributed by atoms with Crippen LogP contribution in [0.2, 0.25) is 0 Å². The van der Waals surface area contributed by atoms with Crippen molar-refractivity contribution in [3.63, 3.8) is 0 Å². The third kappa shape index (κ3) is 4.03. The summed E-state index contributed by atoms with van der Waals surface area (Å²) in [7, 11) is -1.96. The van der Waals surface area contributed by atoms with Gasteiger partial charge in [-0.2, -0.15) is 0 Å². The van der Waals surface area contributed by atoms with Crippen molar-refractivity contribution in [3.8, 4) is 5.75 Å². The molecule has 0 radical (unpaired) electrons. The van der Waals surface area contributed by atoms with Crippen LogP contribution in [0.25, 0.3) is 0 Å². The molecular formula is C14H18N2O3S2. The van der Waals surface area contributed by atoms with Crippen LogP contribution in [0.3, 0.4) is 0 Å². The predicted molar refractivity (Wildman–Crippen MR) is 83.5 cm³/mol. The van der Waals surface area contributed by atoms with Crippen molar-refractivity contribution in [2.24, 2.45) is 0 Å². The fraction of sp³-hybridized carbons (Fsp3) is 0.357. The number of nitrogens with zero attached hydrogens (tertiary/aromatic N) is 1. The molecule has 21 heavy (non-hydrogen) atoms. The molecule has 0 aliphatic rings. The Labute approximate surface area is 129 Å². The zero-order valence-corrected chi connectivity index (χ0v) is 13.8. The van der Waals surface area contributed by atoms with E-state index < -0.39 is 10.0 Å². The number of benzene rings is 1. The van der Waals surface area contributed by atoms with Crippen LogP contribution in [0.4, 0.5) is 0 Å². The standard InChI is InChI=1S/C14H18N2O3S2/c1-10-8-12(19-3)4-5-13(10)21(17,18)15-7-6-14-16-11(2)9-20-14/h4-5,8-9,15H,6-7H2,1-3H3. The van der Waals surface area contributed by atoms with E-state index in [0.717, 1.165) is 10.7 Å². The van der Waals surface area contributed by atoms with Crippen LogP contribution in [0, 0.1) is 13.8 Å². The lowest BCUT2D eigenvalue weighted by Gasteiger charge is -2.10. The van der Waals surface area contributed by atoms with Crippen molar-refractivity contribution in [3.05, 3.63) is 39.8 Å². The van der Waals surface area contributed by atoms with Crippen LogP contribution in [0.15, 0.2) is 28.5 Å². The van der Waals surface area contributed by atoms with Gasteiger partial charge in [0.05, 0.1) is 17.0 Å². The number of hydrogen-bond donors (Lipinski definition) is 1. The molecule has 0 unspecified atom stereocenters. The van der Waals surface area contributed by atoms with E-state index in [9.17, 15) is 8.42 Å². The van der Waals surface area contributed by atoms with E-state index in [1.165, 1.54) is 0 Å². The van der Waals surface area contributed by atoms with Gasteiger partial charge in [0.2, 0.25) is 10.0 Å². The number of methoxy groups -OCH3 is 1. The van der Waals surface area contributed by atoms with Crippen molar-refractivity contribution in [2.45, 2.75) is 25.2 Å². The van der Waals surface area contributed by atoms with Gasteiger partial charge in [0.25, 0.3) is 0 Å². The molecule has 0 saturated heterocycles. The average Bonchev–Trinajstić information content (AvgIpc) is 2.83. The van der Waals surface area contributed by atoms with E-state index in [2.05, 4.69) is 9.71 Å². The van der Waals surface area contributed by atoms with Crippen molar-refractivity contribution >= 4 is 21.4 Å². The average molecular weight is 326 g/mol. The van der Waals surface area contributed by atoms with Crippen LogP contribution < -0.4 is 9.46 Å². The van der Waals surface area contributed by atoms with E-state index in [-0.39, 0.29) is 4.90 Å². The first-order chi connectivity index (χ1) is 9.92. The van der Waals surface area contributed by atoms with Crippen LogP contribution >= 0.6 is 11.3 Å². The van der Waals surface area contributed by atoms with Crippen molar-refractivity contribution in [1.29, 1.82) is 0 Å². The Kier molecular flexibility index (Phi) is 4.97. The molecule has 1 aromatic carbocycles. The Morgan fingerprint density at radius 3 is 2.67 bits per heavy atom. The second-order valence-electron chi connectivity index (χ2n) is 4.66. The topological polar surface area (TPSA) is 68.3 Å². The lowest BCUT2D eigenvalue weighted by molar-refractivity contribution is 0.414. The highest BCUT2D eigenvalue weighted by molar-refractivity contribution is 7.89. The minimum atomic E-state index is -3.51. The first kappa shape index (κ1) is 15.9. The van der Waals surface area contributed by atoms with Crippen molar-refractivity contribution in [2.75, 3.05) is 13.7 Å². The van der Waals surface area contributed by atoms with E-state index in [0.29, 0.717) is 24.3 Å². The minimum absolute atomic E-state index is 0.276. The second-order valence-corrected chi connectivity index (χ2v) is 7.34. The molecule has 5 nitrogen and oxygen atoms in total. The molecule has 0 aliphatic heterocycles. The van der Waals surface area contributed by atoms with Gasteiger partial charge >= 0.3 is 0 Å². The monoisotopic (exact) mass is 326 g/mol.